The van der Waals surface area contributed by atoms with E-state index < -0.39 is 0 Å². The zero-order valence-electron chi connectivity index (χ0n) is 12.6. The van der Waals surface area contributed by atoms with Gasteiger partial charge in [0.25, 0.3) is 0 Å². The number of nitrogen functional groups attached to an aromatic ring is 1. The smallest absolute Gasteiger partial charge is 0.222 e. The molecule has 0 radical (unpaired) electrons. The Hall–Kier alpha value is -2.14. The summed E-state index contributed by atoms with van der Waals surface area (Å²) in [6, 6.07) is 8.72. The first-order valence-electron chi connectivity index (χ1n) is 7.97. The van der Waals surface area contributed by atoms with E-state index in [1.54, 1.807) is 0 Å². The highest BCUT2D eigenvalue weighted by Gasteiger charge is 2.27. The van der Waals surface area contributed by atoms with Crippen LogP contribution in [0.4, 0.5) is 11.8 Å². The lowest BCUT2D eigenvalue weighted by molar-refractivity contribution is 0.750. The van der Waals surface area contributed by atoms with Gasteiger partial charge in [-0.25, -0.2) is 4.98 Å². The number of rotatable bonds is 1. The fourth-order valence-electron chi connectivity index (χ4n) is 3.61. The maximum absolute atomic E-state index is 6.07. The molecule has 1 aliphatic heterocycles. The highest BCUT2D eigenvalue weighted by Crippen LogP contribution is 2.36. The molecule has 5 heteroatoms. The van der Waals surface area contributed by atoms with Crippen LogP contribution in [-0.4, -0.2) is 29.1 Å². The molecule has 0 spiro atoms. The molecule has 1 atom stereocenters. The maximum Gasteiger partial charge on any atom is 0.222 e. The van der Waals surface area contributed by atoms with Crippen molar-refractivity contribution in [2.75, 3.05) is 23.7 Å². The highest BCUT2D eigenvalue weighted by atomic mass is 15.2. The predicted octanol–water partition coefficient (Wildman–Crippen LogP) is 1.75. The van der Waals surface area contributed by atoms with Crippen molar-refractivity contribution >= 4 is 11.8 Å². The summed E-state index contributed by atoms with van der Waals surface area (Å²) in [7, 11) is 0. The van der Waals surface area contributed by atoms with Crippen molar-refractivity contribution in [2.45, 2.75) is 31.7 Å². The van der Waals surface area contributed by atoms with Crippen LogP contribution < -0.4 is 16.4 Å². The second kappa shape index (κ2) is 5.25. The van der Waals surface area contributed by atoms with Crippen LogP contribution in [0.5, 0.6) is 0 Å². The average molecular weight is 295 g/mol. The Kier molecular flexibility index (Phi) is 3.22. The standard InChI is InChI=1S/C17H21N5/c18-12-8-9-22(10-12)16-14-7-3-5-11-4-1-2-6-13(11)15(14)20-17(19)21-16/h1-2,4,6,12H,3,5,7-10,18H2,(H2,19,20,21)/t12-/m0/s1. The SMILES string of the molecule is Nc1nc2c(c(N3CC[C@H](N)C3)n1)CCCc1ccccc1-2. The van der Waals surface area contributed by atoms with Crippen molar-refractivity contribution in [3.8, 4) is 11.3 Å². The van der Waals surface area contributed by atoms with Crippen molar-refractivity contribution in [3.05, 3.63) is 35.4 Å². The first-order valence-corrected chi connectivity index (χ1v) is 7.97. The van der Waals surface area contributed by atoms with Crippen molar-refractivity contribution in [1.82, 2.24) is 9.97 Å². The first-order chi connectivity index (χ1) is 10.7. The number of aryl methyl sites for hydroxylation is 1. The van der Waals surface area contributed by atoms with Crippen LogP contribution in [0.2, 0.25) is 0 Å². The van der Waals surface area contributed by atoms with Gasteiger partial charge in [-0.2, -0.15) is 4.98 Å². The lowest BCUT2D eigenvalue weighted by atomic mass is 10.0. The van der Waals surface area contributed by atoms with Crippen LogP contribution in [0.3, 0.4) is 0 Å². The Morgan fingerprint density at radius 3 is 2.82 bits per heavy atom. The Morgan fingerprint density at radius 2 is 2.00 bits per heavy atom. The molecule has 1 aliphatic carbocycles. The van der Waals surface area contributed by atoms with Crippen molar-refractivity contribution in [3.63, 3.8) is 0 Å². The fourth-order valence-corrected chi connectivity index (χ4v) is 3.61. The van der Waals surface area contributed by atoms with Crippen LogP contribution in [-0.2, 0) is 12.8 Å². The van der Waals surface area contributed by atoms with E-state index in [4.69, 9.17) is 11.5 Å². The molecule has 0 saturated carbocycles. The maximum atomic E-state index is 6.07. The van der Waals surface area contributed by atoms with Crippen LogP contribution >= 0.6 is 0 Å². The summed E-state index contributed by atoms with van der Waals surface area (Å²) in [4.78, 5) is 11.4. The van der Waals surface area contributed by atoms with Crippen molar-refractivity contribution < 1.29 is 0 Å². The quantitative estimate of drug-likeness (QED) is 0.837. The van der Waals surface area contributed by atoms with E-state index in [2.05, 4.69) is 39.1 Å². The fraction of sp³-hybridized carbons (Fsp3) is 0.412. The third-order valence-corrected chi connectivity index (χ3v) is 4.67. The van der Waals surface area contributed by atoms with E-state index >= 15 is 0 Å². The second-order valence-electron chi connectivity index (χ2n) is 6.24. The summed E-state index contributed by atoms with van der Waals surface area (Å²) in [5.74, 6) is 1.35. The van der Waals surface area contributed by atoms with Gasteiger partial charge in [-0.05, 0) is 31.2 Å². The number of hydrogen-bond donors (Lipinski definition) is 2. The molecule has 4 rings (SSSR count). The van der Waals surface area contributed by atoms with E-state index in [0.29, 0.717) is 5.95 Å². The summed E-state index contributed by atoms with van der Waals surface area (Å²) in [6.45, 7) is 1.80. The van der Waals surface area contributed by atoms with E-state index in [1.807, 2.05) is 0 Å². The molecule has 2 aromatic rings. The van der Waals surface area contributed by atoms with Gasteiger partial charge < -0.3 is 16.4 Å². The minimum absolute atomic E-state index is 0.227. The van der Waals surface area contributed by atoms with Crippen LogP contribution in [0.15, 0.2) is 24.3 Å². The predicted molar refractivity (Wildman–Crippen MR) is 88.7 cm³/mol. The molecule has 1 aromatic carbocycles. The van der Waals surface area contributed by atoms with E-state index in [-0.39, 0.29) is 6.04 Å². The zero-order valence-corrected chi connectivity index (χ0v) is 12.6. The molecule has 1 fully saturated rings. The van der Waals surface area contributed by atoms with Gasteiger partial charge in [-0.1, -0.05) is 24.3 Å². The molecule has 1 saturated heterocycles. The van der Waals surface area contributed by atoms with E-state index in [9.17, 15) is 0 Å². The molecule has 1 aromatic heterocycles. The number of nitrogens with zero attached hydrogens (tertiary/aromatic N) is 3. The first kappa shape index (κ1) is 13.5. The minimum Gasteiger partial charge on any atom is -0.368 e. The van der Waals surface area contributed by atoms with Crippen molar-refractivity contribution in [1.29, 1.82) is 0 Å². The molecule has 0 amide bonds. The van der Waals surface area contributed by atoms with Gasteiger partial charge in [-0.15, -0.1) is 0 Å². The van der Waals surface area contributed by atoms with Crippen LogP contribution in [0, 0.1) is 0 Å². The molecule has 0 bridgehead atoms. The minimum atomic E-state index is 0.227. The lowest BCUT2D eigenvalue weighted by Gasteiger charge is -2.22. The number of aromatic nitrogens is 2. The second-order valence-corrected chi connectivity index (χ2v) is 6.24. The number of anilines is 2. The van der Waals surface area contributed by atoms with Crippen LogP contribution in [0.1, 0.15) is 24.0 Å². The molecule has 22 heavy (non-hydrogen) atoms. The molecule has 2 aliphatic rings. The summed E-state index contributed by atoms with van der Waals surface area (Å²) in [6.07, 6.45) is 4.19. The Morgan fingerprint density at radius 1 is 1.14 bits per heavy atom. The van der Waals surface area contributed by atoms with Gasteiger partial charge in [0.15, 0.2) is 0 Å². The van der Waals surface area contributed by atoms with Gasteiger partial charge in [0, 0.05) is 30.3 Å². The topological polar surface area (TPSA) is 81.1 Å². The largest absolute Gasteiger partial charge is 0.368 e. The molecular weight excluding hydrogens is 274 g/mol. The molecule has 5 nitrogen and oxygen atoms in total. The third-order valence-electron chi connectivity index (χ3n) is 4.67. The Bertz CT molecular complexity index is 712. The summed E-state index contributed by atoms with van der Waals surface area (Å²) in [5, 5.41) is 0. The molecule has 2 heterocycles. The Balaban J connectivity index is 1.89. The Labute approximate surface area is 130 Å². The molecule has 114 valence electrons. The number of fused-ring (bicyclic) bond motifs is 3. The number of benzene rings is 1. The van der Waals surface area contributed by atoms with Crippen LogP contribution in [0.25, 0.3) is 11.3 Å². The van der Waals surface area contributed by atoms with Gasteiger partial charge in [0.05, 0.1) is 5.69 Å². The monoisotopic (exact) mass is 295 g/mol. The summed E-state index contributed by atoms with van der Waals surface area (Å²) >= 11 is 0. The summed E-state index contributed by atoms with van der Waals surface area (Å²) < 4.78 is 0. The summed E-state index contributed by atoms with van der Waals surface area (Å²) in [5.41, 5.74) is 16.9. The number of nitrogens with two attached hydrogens (primary N) is 2. The number of hydrogen-bond acceptors (Lipinski definition) is 5. The van der Waals surface area contributed by atoms with Gasteiger partial charge in [0.1, 0.15) is 5.82 Å². The molecule has 0 unspecified atom stereocenters. The van der Waals surface area contributed by atoms with Gasteiger partial charge in [-0.3, -0.25) is 0 Å². The molecular formula is C17H21N5. The van der Waals surface area contributed by atoms with E-state index in [1.165, 1.54) is 16.7 Å². The highest BCUT2D eigenvalue weighted by molar-refractivity contribution is 5.74. The van der Waals surface area contributed by atoms with Crippen molar-refractivity contribution in [2.24, 2.45) is 5.73 Å². The molecule has 4 N–H and O–H groups in total. The van der Waals surface area contributed by atoms with Gasteiger partial charge in [0.2, 0.25) is 5.95 Å². The zero-order chi connectivity index (χ0) is 15.1. The van der Waals surface area contributed by atoms with E-state index in [0.717, 1.165) is 50.3 Å². The van der Waals surface area contributed by atoms with Gasteiger partial charge >= 0.3 is 0 Å². The average Bonchev–Trinajstić information content (AvgIpc) is 2.86. The lowest BCUT2D eigenvalue weighted by Crippen LogP contribution is -2.28. The third kappa shape index (κ3) is 2.22. The normalized spacial score (nSPS) is 20.4.